The summed E-state index contributed by atoms with van der Waals surface area (Å²) < 4.78 is 12.6. The van der Waals surface area contributed by atoms with Gasteiger partial charge in [-0.25, -0.2) is 9.48 Å². The number of methoxy groups -OCH3 is 1. The smallest absolute Gasteiger partial charge is 0.360 e. The van der Waals surface area contributed by atoms with E-state index in [-0.39, 0.29) is 23.7 Å². The number of likely N-dealkylation sites (tertiary alicyclic amines) is 1. The van der Waals surface area contributed by atoms with E-state index in [0.717, 1.165) is 17.7 Å². The van der Waals surface area contributed by atoms with Crippen molar-refractivity contribution < 1.29 is 18.7 Å². The number of benzene rings is 1. The molecule has 3 saturated heterocycles. The van der Waals surface area contributed by atoms with E-state index < -0.39 is 5.97 Å². The minimum Gasteiger partial charge on any atom is -0.464 e. The highest BCUT2D eigenvalue weighted by Gasteiger charge is 2.40. The van der Waals surface area contributed by atoms with Gasteiger partial charge in [-0.15, -0.1) is 5.10 Å². The van der Waals surface area contributed by atoms with E-state index in [1.165, 1.54) is 45.9 Å². The maximum atomic E-state index is 13.7. The van der Waals surface area contributed by atoms with Gasteiger partial charge < -0.3 is 19.4 Å². The topological polar surface area (TPSA) is 106 Å². The molecule has 1 amide bonds. The molecule has 1 aromatic carbocycles. The average Bonchev–Trinajstić information content (AvgIpc) is 3.76. The maximum Gasteiger partial charge on any atom is 0.360 e. The van der Waals surface area contributed by atoms with Crippen LogP contribution in [0.5, 0.6) is 0 Å². The number of aromatic nitrogens is 3. The first-order valence-electron chi connectivity index (χ1n) is 14.6. The van der Waals surface area contributed by atoms with Gasteiger partial charge in [0.25, 0.3) is 0 Å². The van der Waals surface area contributed by atoms with Gasteiger partial charge in [0.15, 0.2) is 5.69 Å². The summed E-state index contributed by atoms with van der Waals surface area (Å²) >= 11 is 6.39. The summed E-state index contributed by atoms with van der Waals surface area (Å²) in [6, 6.07) is 11.5. The van der Waals surface area contributed by atoms with Gasteiger partial charge in [-0.3, -0.25) is 9.69 Å². The molecule has 41 heavy (non-hydrogen) atoms. The van der Waals surface area contributed by atoms with E-state index in [4.69, 9.17) is 20.8 Å². The number of carbonyl (C=O) groups is 2. The Kier molecular flexibility index (Phi) is 8.41. The SMILES string of the molecule is COC(=O)c1cn([C@H]2C[C@@H](C(=O)NC[C@@H]3CCCN4CCCC[C@H]34)N(Cc3ccc(-c4ccccc4Cl)o3)C2)nn1. The van der Waals surface area contributed by atoms with E-state index >= 15 is 0 Å². The summed E-state index contributed by atoms with van der Waals surface area (Å²) in [5, 5.41) is 12.1. The van der Waals surface area contributed by atoms with E-state index in [0.29, 0.717) is 48.8 Å². The molecule has 0 spiro atoms. The molecule has 218 valence electrons. The van der Waals surface area contributed by atoms with Crippen molar-refractivity contribution in [1.29, 1.82) is 0 Å². The van der Waals surface area contributed by atoms with Crippen LogP contribution in [0.4, 0.5) is 0 Å². The largest absolute Gasteiger partial charge is 0.464 e. The van der Waals surface area contributed by atoms with Gasteiger partial charge in [0.05, 0.1) is 37.0 Å². The van der Waals surface area contributed by atoms with Crippen molar-refractivity contribution >= 4 is 23.5 Å². The quantitative estimate of drug-likeness (QED) is 0.396. The van der Waals surface area contributed by atoms with Crippen LogP contribution in [-0.2, 0) is 16.1 Å². The number of amides is 1. The summed E-state index contributed by atoms with van der Waals surface area (Å²) in [7, 11) is 1.32. The maximum absolute atomic E-state index is 13.7. The van der Waals surface area contributed by atoms with Gasteiger partial charge in [-0.1, -0.05) is 35.4 Å². The third-order valence-electron chi connectivity index (χ3n) is 8.89. The third-order valence-corrected chi connectivity index (χ3v) is 9.22. The molecule has 2 aromatic heterocycles. The Morgan fingerprint density at radius 2 is 1.98 bits per heavy atom. The third kappa shape index (κ3) is 6.05. The number of piperidine rings is 2. The number of hydrogen-bond donors (Lipinski definition) is 1. The highest BCUT2D eigenvalue weighted by atomic mass is 35.5. The lowest BCUT2D eigenvalue weighted by Crippen LogP contribution is -2.52. The molecule has 10 nitrogen and oxygen atoms in total. The predicted molar refractivity (Wildman–Crippen MR) is 153 cm³/mol. The number of ether oxygens (including phenoxy) is 1. The molecule has 0 unspecified atom stereocenters. The number of nitrogens with zero attached hydrogens (tertiary/aromatic N) is 5. The fourth-order valence-corrected chi connectivity index (χ4v) is 7.03. The standard InChI is InChI=1S/C30H37ClN6O4/c1-40-30(39)25-19-37(34-33-25)21-15-27(29(38)32-16-20-7-6-14-35-13-5-4-10-26(20)35)36(17-21)18-22-11-12-28(41-22)23-8-2-3-9-24(23)31/h2-3,8-9,11-12,19-21,26-27H,4-7,10,13-18H2,1H3,(H,32,38)/t20-,21-,26+,27-/m0/s1. The summed E-state index contributed by atoms with van der Waals surface area (Å²) in [5.74, 6) is 1.41. The number of rotatable bonds is 8. The van der Waals surface area contributed by atoms with Crippen LogP contribution in [0.3, 0.4) is 0 Å². The summed E-state index contributed by atoms with van der Waals surface area (Å²) in [6.45, 7) is 4.07. The molecule has 0 bridgehead atoms. The Labute approximate surface area is 244 Å². The molecule has 3 aromatic rings. The second kappa shape index (κ2) is 12.3. The predicted octanol–water partition coefficient (Wildman–Crippen LogP) is 4.17. The van der Waals surface area contributed by atoms with Gasteiger partial charge in [0, 0.05) is 24.7 Å². The van der Waals surface area contributed by atoms with Crippen LogP contribution in [-0.4, -0.2) is 82.0 Å². The molecular weight excluding hydrogens is 544 g/mol. The van der Waals surface area contributed by atoms with Gasteiger partial charge in [-0.2, -0.15) is 0 Å². The van der Waals surface area contributed by atoms with Gasteiger partial charge >= 0.3 is 5.97 Å². The highest BCUT2D eigenvalue weighted by molar-refractivity contribution is 6.33. The Balaban J connectivity index is 1.17. The summed E-state index contributed by atoms with van der Waals surface area (Å²) in [4.78, 5) is 30.4. The van der Waals surface area contributed by atoms with Crippen molar-refractivity contribution in [3.05, 3.63) is 59.1 Å². The molecular formula is C30H37ClN6O4. The van der Waals surface area contributed by atoms with Crippen molar-refractivity contribution in [2.24, 2.45) is 5.92 Å². The van der Waals surface area contributed by atoms with Crippen molar-refractivity contribution in [1.82, 2.24) is 30.1 Å². The summed E-state index contributed by atoms with van der Waals surface area (Å²) in [6.07, 6.45) is 8.26. The van der Waals surface area contributed by atoms with Crippen LogP contribution in [0.2, 0.25) is 5.02 Å². The molecule has 0 saturated carbocycles. The number of nitrogens with one attached hydrogen (secondary N) is 1. The van der Waals surface area contributed by atoms with E-state index in [1.807, 2.05) is 36.4 Å². The van der Waals surface area contributed by atoms with Crippen LogP contribution in [0.25, 0.3) is 11.3 Å². The zero-order valence-electron chi connectivity index (χ0n) is 23.4. The van der Waals surface area contributed by atoms with Crippen LogP contribution >= 0.6 is 11.6 Å². The Hall–Kier alpha value is -3.21. The first-order valence-corrected chi connectivity index (χ1v) is 15.0. The van der Waals surface area contributed by atoms with Gasteiger partial charge in [0.2, 0.25) is 5.91 Å². The first-order chi connectivity index (χ1) is 20.0. The Morgan fingerprint density at radius 3 is 2.83 bits per heavy atom. The molecule has 6 rings (SSSR count). The van der Waals surface area contributed by atoms with E-state index in [1.54, 1.807) is 10.9 Å². The zero-order valence-corrected chi connectivity index (χ0v) is 24.1. The zero-order chi connectivity index (χ0) is 28.3. The molecule has 3 fully saturated rings. The number of hydrogen-bond acceptors (Lipinski definition) is 8. The van der Waals surface area contributed by atoms with Crippen LogP contribution in [0.15, 0.2) is 47.0 Å². The number of furan rings is 1. The van der Waals surface area contributed by atoms with Crippen molar-refractivity contribution in [2.45, 2.75) is 63.2 Å². The molecule has 4 atom stereocenters. The minimum absolute atomic E-state index is 0.0200. The van der Waals surface area contributed by atoms with Crippen molar-refractivity contribution in [2.75, 3.05) is 33.3 Å². The van der Waals surface area contributed by atoms with E-state index in [2.05, 4.69) is 25.4 Å². The Bertz CT molecular complexity index is 1370. The monoisotopic (exact) mass is 580 g/mol. The minimum atomic E-state index is -0.535. The number of fused-ring (bicyclic) bond motifs is 1. The fraction of sp³-hybridized carbons (Fsp3) is 0.533. The highest BCUT2D eigenvalue weighted by Crippen LogP contribution is 2.33. The second-order valence-corrected chi connectivity index (χ2v) is 11.8. The van der Waals surface area contributed by atoms with Crippen LogP contribution in [0, 0.1) is 5.92 Å². The van der Waals surface area contributed by atoms with E-state index in [9.17, 15) is 9.59 Å². The van der Waals surface area contributed by atoms with Crippen LogP contribution in [0.1, 0.15) is 60.8 Å². The fourth-order valence-electron chi connectivity index (χ4n) is 6.81. The normalized spacial score (nSPS) is 25.1. The molecule has 3 aliphatic rings. The van der Waals surface area contributed by atoms with Crippen molar-refractivity contribution in [3.8, 4) is 11.3 Å². The van der Waals surface area contributed by atoms with Gasteiger partial charge in [-0.05, 0) is 75.4 Å². The number of esters is 1. The average molecular weight is 581 g/mol. The lowest BCUT2D eigenvalue weighted by Gasteiger charge is -2.44. The number of halogens is 1. The molecule has 1 N–H and O–H groups in total. The summed E-state index contributed by atoms with van der Waals surface area (Å²) in [5.41, 5.74) is 0.980. The molecule has 5 heterocycles. The van der Waals surface area contributed by atoms with Crippen LogP contribution < -0.4 is 5.32 Å². The second-order valence-electron chi connectivity index (χ2n) is 11.4. The Morgan fingerprint density at radius 1 is 1.12 bits per heavy atom. The molecule has 11 heteroatoms. The molecule has 3 aliphatic heterocycles. The first kappa shape index (κ1) is 27.9. The number of carbonyl (C=O) groups excluding carboxylic acids is 2. The van der Waals surface area contributed by atoms with Crippen molar-refractivity contribution in [3.63, 3.8) is 0 Å². The lowest BCUT2D eigenvalue weighted by molar-refractivity contribution is -0.126. The molecule has 0 aliphatic carbocycles. The molecule has 0 radical (unpaired) electrons. The van der Waals surface area contributed by atoms with Gasteiger partial charge in [0.1, 0.15) is 11.5 Å². The lowest BCUT2D eigenvalue weighted by atomic mass is 9.83.